The van der Waals surface area contributed by atoms with Gasteiger partial charge >= 0.3 is 17.9 Å². The lowest BCUT2D eigenvalue weighted by molar-refractivity contribution is -0.133. The zero-order valence-electron chi connectivity index (χ0n) is 17.6. The van der Waals surface area contributed by atoms with Gasteiger partial charge < -0.3 is 30.6 Å². The molecule has 170 valence electrons. The van der Waals surface area contributed by atoms with Gasteiger partial charge in [-0.3, -0.25) is 0 Å². The normalized spacial score (nSPS) is 8.79. The number of carbonyl (C=O) groups is 3. The summed E-state index contributed by atoms with van der Waals surface area (Å²) in [6.45, 7) is 14.2. The highest BCUT2D eigenvalue weighted by atomic mass is 16.4. The number of hydrogen-bond donors (Lipinski definition) is 6. The first-order valence-electron chi connectivity index (χ1n) is 8.77. The molecule has 0 heterocycles. The van der Waals surface area contributed by atoms with Gasteiger partial charge in [-0.15, -0.1) is 0 Å². The van der Waals surface area contributed by atoms with Crippen molar-refractivity contribution in [2.75, 3.05) is 19.8 Å². The third-order valence-electron chi connectivity index (χ3n) is 2.88. The number of aliphatic hydroxyl groups is 3. The third-order valence-corrected chi connectivity index (χ3v) is 2.88. The minimum Gasteiger partial charge on any atom is -0.478 e. The lowest BCUT2D eigenvalue weighted by Crippen LogP contribution is -2.10. The van der Waals surface area contributed by atoms with E-state index >= 15 is 0 Å². The predicted octanol–water partition coefficient (Wildman–Crippen LogP) is 2.08. The van der Waals surface area contributed by atoms with Gasteiger partial charge in [0.1, 0.15) is 0 Å². The number of aliphatic carboxylic acids is 3. The molecule has 0 radical (unpaired) electrons. The van der Waals surface area contributed by atoms with Gasteiger partial charge in [-0.05, 0) is 33.6 Å². The van der Waals surface area contributed by atoms with E-state index in [0.717, 1.165) is 25.7 Å². The second-order valence-corrected chi connectivity index (χ2v) is 6.06. The number of carboxylic acids is 3. The zero-order chi connectivity index (χ0) is 24.0. The molecule has 0 aromatic rings. The maximum Gasteiger partial charge on any atom is 0.330 e. The molecular formula is C20H36O9. The molecule has 0 aliphatic heterocycles. The van der Waals surface area contributed by atoms with Gasteiger partial charge in [0.25, 0.3) is 0 Å². The summed E-state index contributed by atoms with van der Waals surface area (Å²) in [6, 6.07) is 0. The Kier molecular flexibility index (Phi) is 27.6. The van der Waals surface area contributed by atoms with Crippen molar-refractivity contribution in [1.82, 2.24) is 0 Å². The fourth-order valence-corrected chi connectivity index (χ4v) is 0.962. The zero-order valence-corrected chi connectivity index (χ0v) is 17.6. The van der Waals surface area contributed by atoms with Crippen LogP contribution in [-0.4, -0.2) is 68.4 Å². The minimum absolute atomic E-state index is 0.0358. The molecule has 0 spiro atoms. The Bertz CT molecular complexity index is 413. The number of carboxylic acid groups (broad SMARTS) is 3. The molecule has 29 heavy (non-hydrogen) atoms. The Morgan fingerprint density at radius 2 is 0.931 bits per heavy atom. The molecule has 0 saturated heterocycles. The number of aliphatic hydroxyl groups excluding tert-OH is 3. The van der Waals surface area contributed by atoms with E-state index in [4.69, 9.17) is 30.6 Å². The second kappa shape index (κ2) is 23.5. The average Bonchev–Trinajstić information content (AvgIpc) is 2.63. The molecule has 0 bridgehead atoms. The highest BCUT2D eigenvalue weighted by Gasteiger charge is 2.03. The van der Waals surface area contributed by atoms with Gasteiger partial charge in [-0.2, -0.15) is 0 Å². The summed E-state index contributed by atoms with van der Waals surface area (Å²) in [5.41, 5.74) is 0.528. The Balaban J connectivity index is -0.000000151. The van der Waals surface area contributed by atoms with Crippen LogP contribution in [0.15, 0.2) is 36.5 Å². The summed E-state index contributed by atoms with van der Waals surface area (Å²) in [5.74, 6) is -2.77. The number of rotatable bonds is 10. The predicted molar refractivity (Wildman–Crippen MR) is 111 cm³/mol. The van der Waals surface area contributed by atoms with Crippen molar-refractivity contribution in [3.05, 3.63) is 36.5 Å². The number of hydrogen-bond acceptors (Lipinski definition) is 6. The van der Waals surface area contributed by atoms with Gasteiger partial charge in [-0.25, -0.2) is 14.4 Å². The van der Waals surface area contributed by atoms with E-state index in [-0.39, 0.29) is 42.5 Å². The van der Waals surface area contributed by atoms with Crippen LogP contribution in [0.5, 0.6) is 0 Å². The molecule has 9 heteroatoms. The van der Waals surface area contributed by atoms with Crippen LogP contribution in [0.1, 0.15) is 46.5 Å². The van der Waals surface area contributed by atoms with E-state index in [1.54, 1.807) is 0 Å². The molecule has 0 rings (SSSR count). The third kappa shape index (κ3) is 37.0. The quantitative estimate of drug-likeness (QED) is 0.228. The fraction of sp³-hybridized carbons (Fsp3) is 0.550. The highest BCUT2D eigenvalue weighted by molar-refractivity contribution is 5.85. The van der Waals surface area contributed by atoms with Crippen molar-refractivity contribution in [3.8, 4) is 0 Å². The maximum atomic E-state index is 9.60. The lowest BCUT2D eigenvalue weighted by Gasteiger charge is -2.09. The van der Waals surface area contributed by atoms with Crippen molar-refractivity contribution < 1.29 is 45.0 Å². The first-order valence-corrected chi connectivity index (χ1v) is 8.77. The molecule has 0 aliphatic rings. The van der Waals surface area contributed by atoms with Crippen LogP contribution in [0, 0.1) is 5.92 Å². The van der Waals surface area contributed by atoms with Crippen molar-refractivity contribution in [3.63, 3.8) is 0 Å². The summed E-state index contributed by atoms with van der Waals surface area (Å²) in [4.78, 5) is 28.8. The summed E-state index contributed by atoms with van der Waals surface area (Å²) in [5, 5.41) is 49.5. The van der Waals surface area contributed by atoms with E-state index in [0.29, 0.717) is 0 Å². The van der Waals surface area contributed by atoms with Crippen LogP contribution in [0.2, 0.25) is 0 Å². The number of unbranched alkanes of at least 4 members (excludes halogenated alkanes) is 2. The fourth-order valence-electron chi connectivity index (χ4n) is 0.962. The Hall–Kier alpha value is -2.49. The topological polar surface area (TPSA) is 173 Å². The molecule has 0 aromatic heterocycles. The smallest absolute Gasteiger partial charge is 0.330 e. The largest absolute Gasteiger partial charge is 0.478 e. The minimum atomic E-state index is -0.935. The van der Waals surface area contributed by atoms with Crippen molar-refractivity contribution in [2.24, 2.45) is 5.92 Å². The van der Waals surface area contributed by atoms with Gasteiger partial charge in [0, 0.05) is 42.5 Å². The van der Waals surface area contributed by atoms with Crippen LogP contribution in [0.25, 0.3) is 0 Å². The molecule has 0 fully saturated rings. The van der Waals surface area contributed by atoms with Crippen LogP contribution >= 0.6 is 0 Å². The second-order valence-electron chi connectivity index (χ2n) is 6.06. The molecule has 0 amide bonds. The Labute approximate surface area is 172 Å². The van der Waals surface area contributed by atoms with Crippen molar-refractivity contribution >= 4 is 17.9 Å². The SMILES string of the molecule is C=C(C)C(=O)O.C=C(C)C(=O)O.C=C(C)C(=O)O.OCCCCCC(CO)CO. The van der Waals surface area contributed by atoms with Crippen LogP contribution < -0.4 is 0 Å². The first kappa shape index (κ1) is 34.0. The van der Waals surface area contributed by atoms with Gasteiger partial charge in [0.15, 0.2) is 0 Å². The van der Waals surface area contributed by atoms with Crippen LogP contribution in [0.3, 0.4) is 0 Å². The van der Waals surface area contributed by atoms with E-state index in [2.05, 4.69) is 19.7 Å². The molecular weight excluding hydrogens is 384 g/mol. The van der Waals surface area contributed by atoms with Gasteiger partial charge in [0.05, 0.1) is 0 Å². The van der Waals surface area contributed by atoms with Gasteiger partial charge in [0.2, 0.25) is 0 Å². The molecule has 0 aliphatic carbocycles. The van der Waals surface area contributed by atoms with Gasteiger partial charge in [-0.1, -0.05) is 32.6 Å². The molecule has 9 nitrogen and oxygen atoms in total. The summed E-state index contributed by atoms with van der Waals surface area (Å²) in [7, 11) is 0. The van der Waals surface area contributed by atoms with E-state index in [1.807, 2.05) is 0 Å². The van der Waals surface area contributed by atoms with E-state index in [1.165, 1.54) is 20.8 Å². The summed E-state index contributed by atoms with van der Waals surface area (Å²) < 4.78 is 0. The monoisotopic (exact) mass is 420 g/mol. The Morgan fingerprint density at radius 1 is 0.655 bits per heavy atom. The highest BCUT2D eigenvalue weighted by Crippen LogP contribution is 2.08. The molecule has 0 saturated carbocycles. The standard InChI is InChI=1S/C8H18O3.3C4H6O2/c9-5-3-1-2-4-8(6-10)7-11;3*1-3(2)4(5)6/h8-11H,1-7H2;3*1H2,2H3,(H,5,6). The molecule has 0 atom stereocenters. The van der Waals surface area contributed by atoms with Crippen LogP contribution in [-0.2, 0) is 14.4 Å². The molecule has 0 aromatic carbocycles. The first-order chi connectivity index (χ1) is 13.3. The van der Waals surface area contributed by atoms with Crippen LogP contribution in [0.4, 0.5) is 0 Å². The molecule has 6 N–H and O–H groups in total. The van der Waals surface area contributed by atoms with E-state index in [9.17, 15) is 14.4 Å². The summed E-state index contributed by atoms with van der Waals surface area (Å²) in [6.07, 6.45) is 3.63. The summed E-state index contributed by atoms with van der Waals surface area (Å²) >= 11 is 0. The maximum absolute atomic E-state index is 9.60. The average molecular weight is 420 g/mol. The van der Waals surface area contributed by atoms with Crippen molar-refractivity contribution in [1.29, 1.82) is 0 Å². The van der Waals surface area contributed by atoms with Crippen molar-refractivity contribution in [2.45, 2.75) is 46.5 Å². The Morgan fingerprint density at radius 3 is 1.10 bits per heavy atom. The van der Waals surface area contributed by atoms with E-state index < -0.39 is 17.9 Å². The molecule has 0 unspecified atom stereocenters. The lowest BCUT2D eigenvalue weighted by atomic mass is 10.0.